The molecule has 4 nitrogen and oxygen atoms in total. The van der Waals surface area contributed by atoms with Gasteiger partial charge in [-0.15, -0.1) is 11.3 Å². The van der Waals surface area contributed by atoms with Crippen LogP contribution in [0.4, 0.5) is 0 Å². The number of thiophene rings is 1. The van der Waals surface area contributed by atoms with Crippen LogP contribution >= 0.6 is 11.3 Å². The van der Waals surface area contributed by atoms with Crippen LogP contribution in [0, 0.1) is 0 Å². The van der Waals surface area contributed by atoms with Gasteiger partial charge in [-0.3, -0.25) is 4.79 Å². The van der Waals surface area contributed by atoms with E-state index in [1.165, 1.54) is 6.07 Å². The largest absolute Gasteiger partial charge is 0.355 e. The molecule has 0 fully saturated rings. The third-order valence-corrected chi connectivity index (χ3v) is 3.44. The minimum atomic E-state index is -0.0434. The first-order valence-corrected chi connectivity index (χ1v) is 6.36. The molecule has 0 atom stereocenters. The van der Waals surface area contributed by atoms with Gasteiger partial charge in [-0.05, 0) is 17.5 Å². The van der Waals surface area contributed by atoms with Crippen LogP contribution in [0.5, 0.6) is 0 Å². The molecule has 3 aromatic heterocycles. The van der Waals surface area contributed by atoms with Crippen molar-refractivity contribution in [2.24, 2.45) is 0 Å². The van der Waals surface area contributed by atoms with Gasteiger partial charge in [0.15, 0.2) is 5.76 Å². The standard InChI is InChI=1S/C13H10N2O2S/c16-13-5-1-2-6-15(13)9-10-8-11(17-14-10)12-4-3-7-18-12/h1-8H,9H2. The van der Waals surface area contributed by atoms with E-state index in [-0.39, 0.29) is 5.56 Å². The Balaban J connectivity index is 1.87. The molecule has 0 N–H and O–H groups in total. The number of hydrogen-bond acceptors (Lipinski definition) is 4. The molecule has 0 unspecified atom stereocenters. The van der Waals surface area contributed by atoms with Crippen molar-refractivity contribution < 1.29 is 4.52 Å². The van der Waals surface area contributed by atoms with Crippen LogP contribution in [0.25, 0.3) is 10.6 Å². The predicted octanol–water partition coefficient (Wildman–Crippen LogP) is 2.61. The second-order valence-corrected chi connectivity index (χ2v) is 4.77. The number of aromatic nitrogens is 2. The second-order valence-electron chi connectivity index (χ2n) is 3.83. The summed E-state index contributed by atoms with van der Waals surface area (Å²) >= 11 is 1.60. The molecular weight excluding hydrogens is 248 g/mol. The molecule has 0 bridgehead atoms. The van der Waals surface area contributed by atoms with E-state index in [0.717, 1.165) is 16.3 Å². The first-order chi connectivity index (χ1) is 8.83. The van der Waals surface area contributed by atoms with Gasteiger partial charge in [0.05, 0.1) is 11.4 Å². The minimum Gasteiger partial charge on any atom is -0.355 e. The summed E-state index contributed by atoms with van der Waals surface area (Å²) in [5, 5.41) is 5.97. The smallest absolute Gasteiger partial charge is 0.250 e. The Hall–Kier alpha value is -2.14. The first kappa shape index (κ1) is 11.0. The quantitative estimate of drug-likeness (QED) is 0.725. The highest BCUT2D eigenvalue weighted by Crippen LogP contribution is 2.25. The van der Waals surface area contributed by atoms with Crippen LogP contribution < -0.4 is 5.56 Å². The molecule has 3 aromatic rings. The molecule has 0 saturated heterocycles. The molecule has 0 radical (unpaired) electrons. The molecule has 3 rings (SSSR count). The molecule has 5 heteroatoms. The van der Waals surface area contributed by atoms with Crippen LogP contribution in [0.15, 0.2) is 57.3 Å². The van der Waals surface area contributed by atoms with Gasteiger partial charge in [0.25, 0.3) is 5.56 Å². The maximum absolute atomic E-state index is 11.6. The summed E-state index contributed by atoms with van der Waals surface area (Å²) in [6.07, 6.45) is 1.74. The molecule has 0 amide bonds. The third-order valence-electron chi connectivity index (χ3n) is 2.55. The van der Waals surface area contributed by atoms with Crippen LogP contribution in [0.3, 0.4) is 0 Å². The molecule has 3 heterocycles. The molecule has 18 heavy (non-hydrogen) atoms. The summed E-state index contributed by atoms with van der Waals surface area (Å²) in [6.45, 7) is 0.425. The van der Waals surface area contributed by atoms with Gasteiger partial charge in [-0.2, -0.15) is 0 Å². The summed E-state index contributed by atoms with van der Waals surface area (Å²) in [6, 6.07) is 10.9. The number of nitrogens with zero attached hydrogens (tertiary/aromatic N) is 2. The van der Waals surface area contributed by atoms with E-state index >= 15 is 0 Å². The van der Waals surface area contributed by atoms with Crippen molar-refractivity contribution in [3.8, 4) is 10.6 Å². The van der Waals surface area contributed by atoms with Crippen molar-refractivity contribution in [1.82, 2.24) is 9.72 Å². The number of pyridine rings is 1. The monoisotopic (exact) mass is 258 g/mol. The summed E-state index contributed by atoms with van der Waals surface area (Å²) in [7, 11) is 0. The average Bonchev–Trinajstić information content (AvgIpc) is 3.02. The van der Waals surface area contributed by atoms with Gasteiger partial charge in [-0.25, -0.2) is 0 Å². The van der Waals surface area contributed by atoms with E-state index in [2.05, 4.69) is 5.16 Å². The first-order valence-electron chi connectivity index (χ1n) is 5.48. The zero-order valence-corrected chi connectivity index (χ0v) is 10.3. The van der Waals surface area contributed by atoms with Crippen LogP contribution in [-0.2, 0) is 6.54 Å². The lowest BCUT2D eigenvalue weighted by Gasteiger charge is -1.99. The van der Waals surface area contributed by atoms with Crippen molar-refractivity contribution in [1.29, 1.82) is 0 Å². The molecule has 0 aliphatic carbocycles. The van der Waals surface area contributed by atoms with Crippen LogP contribution in [0.2, 0.25) is 0 Å². The Bertz CT molecular complexity index is 698. The zero-order valence-electron chi connectivity index (χ0n) is 9.45. The molecule has 0 aliphatic rings. The lowest BCUT2D eigenvalue weighted by atomic mass is 10.3. The minimum absolute atomic E-state index is 0.0434. The fourth-order valence-corrected chi connectivity index (χ4v) is 2.36. The molecule has 90 valence electrons. The topological polar surface area (TPSA) is 48.0 Å². The Kier molecular flexibility index (Phi) is 2.82. The molecule has 0 aliphatic heterocycles. The Morgan fingerprint density at radius 1 is 1.28 bits per heavy atom. The molecule has 0 aromatic carbocycles. The fraction of sp³-hybridized carbons (Fsp3) is 0.0769. The number of hydrogen-bond donors (Lipinski definition) is 0. The van der Waals surface area contributed by atoms with E-state index in [0.29, 0.717) is 6.54 Å². The number of rotatable bonds is 3. The summed E-state index contributed by atoms with van der Waals surface area (Å²) in [5.41, 5.74) is 0.699. The lowest BCUT2D eigenvalue weighted by Crippen LogP contribution is -2.18. The second kappa shape index (κ2) is 4.62. The van der Waals surface area contributed by atoms with Gasteiger partial charge in [-0.1, -0.05) is 17.3 Å². The van der Waals surface area contributed by atoms with Gasteiger partial charge in [0, 0.05) is 18.3 Å². The SMILES string of the molecule is O=c1ccccn1Cc1cc(-c2cccs2)on1. The Morgan fingerprint density at radius 3 is 3.00 bits per heavy atom. The van der Waals surface area contributed by atoms with Crippen LogP contribution in [0.1, 0.15) is 5.69 Å². The molecule has 0 saturated carbocycles. The van der Waals surface area contributed by atoms with Gasteiger partial charge >= 0.3 is 0 Å². The molecular formula is C13H10N2O2S. The van der Waals surface area contributed by atoms with Crippen molar-refractivity contribution >= 4 is 11.3 Å². The van der Waals surface area contributed by atoms with E-state index in [4.69, 9.17) is 4.52 Å². The van der Waals surface area contributed by atoms with Gasteiger partial charge in [0.1, 0.15) is 5.69 Å². The fourth-order valence-electron chi connectivity index (χ4n) is 1.69. The van der Waals surface area contributed by atoms with E-state index in [1.807, 2.05) is 29.6 Å². The van der Waals surface area contributed by atoms with Crippen molar-refractivity contribution in [2.45, 2.75) is 6.54 Å². The average molecular weight is 258 g/mol. The summed E-state index contributed by atoms with van der Waals surface area (Å²) < 4.78 is 6.86. The van der Waals surface area contributed by atoms with E-state index in [1.54, 1.807) is 28.2 Å². The van der Waals surface area contributed by atoms with E-state index < -0.39 is 0 Å². The maximum atomic E-state index is 11.6. The summed E-state index contributed by atoms with van der Waals surface area (Å²) in [4.78, 5) is 12.6. The van der Waals surface area contributed by atoms with Crippen molar-refractivity contribution in [3.05, 3.63) is 64.0 Å². The van der Waals surface area contributed by atoms with Crippen molar-refractivity contribution in [2.75, 3.05) is 0 Å². The predicted molar refractivity (Wildman–Crippen MR) is 69.6 cm³/mol. The zero-order chi connectivity index (χ0) is 12.4. The lowest BCUT2D eigenvalue weighted by molar-refractivity contribution is 0.421. The normalized spacial score (nSPS) is 10.7. The highest BCUT2D eigenvalue weighted by Gasteiger charge is 2.08. The van der Waals surface area contributed by atoms with Crippen LogP contribution in [-0.4, -0.2) is 9.72 Å². The summed E-state index contributed by atoms with van der Waals surface area (Å²) in [5.74, 6) is 0.740. The Labute approximate surface area is 107 Å². The van der Waals surface area contributed by atoms with Gasteiger partial charge < -0.3 is 9.09 Å². The van der Waals surface area contributed by atoms with Gasteiger partial charge in [0.2, 0.25) is 0 Å². The maximum Gasteiger partial charge on any atom is 0.250 e. The highest BCUT2D eigenvalue weighted by atomic mass is 32.1. The Morgan fingerprint density at radius 2 is 2.22 bits per heavy atom. The van der Waals surface area contributed by atoms with Crippen molar-refractivity contribution in [3.63, 3.8) is 0 Å². The molecule has 0 spiro atoms. The van der Waals surface area contributed by atoms with E-state index in [9.17, 15) is 4.79 Å². The third kappa shape index (κ3) is 2.12. The highest BCUT2D eigenvalue weighted by molar-refractivity contribution is 7.13.